The lowest BCUT2D eigenvalue weighted by Gasteiger charge is -2.16. The maximum absolute atomic E-state index is 13.7. The molecule has 4 aromatic rings. The van der Waals surface area contributed by atoms with Crippen molar-refractivity contribution in [3.8, 4) is 17.0 Å². The summed E-state index contributed by atoms with van der Waals surface area (Å²) in [5.74, 6) is -0.625. The van der Waals surface area contributed by atoms with Gasteiger partial charge in [0.2, 0.25) is 0 Å². The Bertz CT molecular complexity index is 1260. The molecule has 1 amide bonds. The molecule has 3 heterocycles. The highest BCUT2D eigenvalue weighted by molar-refractivity contribution is 6.09. The van der Waals surface area contributed by atoms with Crippen molar-refractivity contribution >= 4 is 17.2 Å². The Balaban J connectivity index is 1.76. The number of anilines is 1. The van der Waals surface area contributed by atoms with Crippen molar-refractivity contribution in [3.05, 3.63) is 60.4 Å². The van der Waals surface area contributed by atoms with E-state index in [9.17, 15) is 14.3 Å². The van der Waals surface area contributed by atoms with E-state index < -0.39 is 17.3 Å². The van der Waals surface area contributed by atoms with E-state index in [1.165, 1.54) is 40.7 Å². The van der Waals surface area contributed by atoms with E-state index in [1.54, 1.807) is 38.5 Å². The van der Waals surface area contributed by atoms with Crippen LogP contribution in [0, 0.1) is 5.82 Å². The number of carbonyl (C=O) groups is 1. The standard InChI is InChI=1S/C21H21FN6O3/c1-21(2,30)12-27-11-16(18(26-27)14-6-5-13(22)9-17(14)31-3)25-20(29)15-10-24-28-8-4-7-23-19(15)28/h4-11,30H,12H2,1-3H3,(H,25,29). The lowest BCUT2D eigenvalue weighted by atomic mass is 10.1. The molecular formula is C21H21FN6O3. The molecule has 0 atom stereocenters. The molecule has 0 aliphatic carbocycles. The zero-order chi connectivity index (χ0) is 22.2. The normalized spacial score (nSPS) is 11.6. The van der Waals surface area contributed by atoms with Gasteiger partial charge in [-0.15, -0.1) is 0 Å². The number of carbonyl (C=O) groups excluding carboxylic acids is 1. The molecule has 1 aromatic carbocycles. The van der Waals surface area contributed by atoms with E-state index in [0.29, 0.717) is 22.6 Å². The topological polar surface area (TPSA) is 107 Å². The van der Waals surface area contributed by atoms with Crippen LogP contribution in [0.25, 0.3) is 16.9 Å². The van der Waals surface area contributed by atoms with Gasteiger partial charge < -0.3 is 15.2 Å². The van der Waals surface area contributed by atoms with Gasteiger partial charge >= 0.3 is 0 Å². The molecule has 0 saturated carbocycles. The molecule has 31 heavy (non-hydrogen) atoms. The summed E-state index contributed by atoms with van der Waals surface area (Å²) in [4.78, 5) is 17.2. The second-order valence-electron chi connectivity index (χ2n) is 7.65. The summed E-state index contributed by atoms with van der Waals surface area (Å²) in [5, 5.41) is 21.7. The van der Waals surface area contributed by atoms with Crippen molar-refractivity contribution in [2.75, 3.05) is 12.4 Å². The van der Waals surface area contributed by atoms with Gasteiger partial charge in [-0.05, 0) is 32.0 Å². The molecule has 0 radical (unpaired) electrons. The fraction of sp³-hybridized carbons (Fsp3) is 0.238. The summed E-state index contributed by atoms with van der Waals surface area (Å²) >= 11 is 0. The van der Waals surface area contributed by atoms with E-state index in [-0.39, 0.29) is 17.9 Å². The Morgan fingerprint density at radius 1 is 1.35 bits per heavy atom. The van der Waals surface area contributed by atoms with Gasteiger partial charge in [0.1, 0.15) is 22.8 Å². The summed E-state index contributed by atoms with van der Waals surface area (Å²) in [6, 6.07) is 5.76. The van der Waals surface area contributed by atoms with Gasteiger partial charge in [0.15, 0.2) is 5.65 Å². The molecule has 4 rings (SSSR count). The Hall–Kier alpha value is -3.79. The van der Waals surface area contributed by atoms with E-state index in [2.05, 4.69) is 20.5 Å². The number of nitrogens with one attached hydrogen (secondary N) is 1. The number of hydrogen-bond acceptors (Lipinski definition) is 6. The average molecular weight is 424 g/mol. The van der Waals surface area contributed by atoms with Crippen LogP contribution in [0.3, 0.4) is 0 Å². The van der Waals surface area contributed by atoms with Crippen LogP contribution in [0.5, 0.6) is 5.75 Å². The number of aliphatic hydroxyl groups is 1. The minimum Gasteiger partial charge on any atom is -0.496 e. The first-order valence-corrected chi connectivity index (χ1v) is 9.48. The first-order valence-electron chi connectivity index (χ1n) is 9.48. The number of amides is 1. The van der Waals surface area contributed by atoms with Crippen LogP contribution in [0.4, 0.5) is 10.1 Å². The zero-order valence-corrected chi connectivity index (χ0v) is 17.2. The minimum atomic E-state index is -1.04. The van der Waals surface area contributed by atoms with Crippen molar-refractivity contribution in [2.24, 2.45) is 0 Å². The number of aromatic nitrogens is 5. The maximum Gasteiger partial charge on any atom is 0.261 e. The highest BCUT2D eigenvalue weighted by Gasteiger charge is 2.22. The molecule has 0 fully saturated rings. The fourth-order valence-electron chi connectivity index (χ4n) is 3.23. The van der Waals surface area contributed by atoms with Crippen molar-refractivity contribution in [2.45, 2.75) is 26.0 Å². The zero-order valence-electron chi connectivity index (χ0n) is 17.2. The van der Waals surface area contributed by atoms with Crippen molar-refractivity contribution in [3.63, 3.8) is 0 Å². The van der Waals surface area contributed by atoms with E-state index in [1.807, 2.05) is 0 Å². The van der Waals surface area contributed by atoms with Gasteiger partial charge in [-0.25, -0.2) is 13.9 Å². The number of benzene rings is 1. The maximum atomic E-state index is 13.7. The van der Waals surface area contributed by atoms with Crippen LogP contribution in [0.2, 0.25) is 0 Å². The monoisotopic (exact) mass is 424 g/mol. The SMILES string of the molecule is COc1cc(F)ccc1-c1nn(CC(C)(C)O)cc1NC(=O)c1cnn2cccnc12. The highest BCUT2D eigenvalue weighted by Crippen LogP contribution is 2.35. The number of rotatable bonds is 6. The molecule has 0 unspecified atom stereocenters. The highest BCUT2D eigenvalue weighted by atomic mass is 19.1. The Kier molecular flexibility index (Phi) is 5.15. The third-order valence-electron chi connectivity index (χ3n) is 4.50. The number of ether oxygens (including phenoxy) is 1. The third-order valence-corrected chi connectivity index (χ3v) is 4.50. The summed E-state index contributed by atoms with van der Waals surface area (Å²) in [6.45, 7) is 3.48. The average Bonchev–Trinajstić information content (AvgIpc) is 3.30. The van der Waals surface area contributed by atoms with Crippen LogP contribution < -0.4 is 10.1 Å². The molecular weight excluding hydrogens is 403 g/mol. The molecule has 2 N–H and O–H groups in total. The quantitative estimate of drug-likeness (QED) is 0.493. The molecule has 0 spiro atoms. The van der Waals surface area contributed by atoms with Crippen LogP contribution in [0.15, 0.2) is 49.1 Å². The number of halogens is 1. The second-order valence-corrected chi connectivity index (χ2v) is 7.65. The van der Waals surface area contributed by atoms with E-state index in [4.69, 9.17) is 4.74 Å². The van der Waals surface area contributed by atoms with Gasteiger partial charge in [0, 0.05) is 30.2 Å². The number of hydrogen-bond donors (Lipinski definition) is 2. The minimum absolute atomic E-state index is 0.178. The first kappa shape index (κ1) is 20.5. The summed E-state index contributed by atoms with van der Waals surface area (Å²) in [6.07, 6.45) is 6.30. The Morgan fingerprint density at radius 2 is 2.16 bits per heavy atom. The largest absolute Gasteiger partial charge is 0.496 e. The number of nitrogens with zero attached hydrogens (tertiary/aromatic N) is 5. The number of methoxy groups -OCH3 is 1. The van der Waals surface area contributed by atoms with E-state index in [0.717, 1.165) is 0 Å². The molecule has 10 heteroatoms. The van der Waals surface area contributed by atoms with Gasteiger partial charge in [-0.3, -0.25) is 9.48 Å². The van der Waals surface area contributed by atoms with Crippen LogP contribution in [-0.2, 0) is 6.54 Å². The van der Waals surface area contributed by atoms with Crippen LogP contribution in [0.1, 0.15) is 24.2 Å². The predicted molar refractivity (Wildman–Crippen MR) is 111 cm³/mol. The smallest absolute Gasteiger partial charge is 0.261 e. The van der Waals surface area contributed by atoms with Gasteiger partial charge in [0.25, 0.3) is 5.91 Å². The summed E-state index contributed by atoms with van der Waals surface area (Å²) in [7, 11) is 1.43. The predicted octanol–water partition coefficient (Wildman–Crippen LogP) is 2.76. The van der Waals surface area contributed by atoms with Crippen molar-refractivity contribution in [1.82, 2.24) is 24.4 Å². The van der Waals surface area contributed by atoms with Crippen molar-refractivity contribution < 1.29 is 19.0 Å². The molecule has 160 valence electrons. The Labute approximate surface area is 177 Å². The van der Waals surface area contributed by atoms with Gasteiger partial charge in [-0.2, -0.15) is 10.2 Å². The van der Waals surface area contributed by atoms with Crippen LogP contribution >= 0.6 is 0 Å². The fourth-order valence-corrected chi connectivity index (χ4v) is 3.23. The lowest BCUT2D eigenvalue weighted by Crippen LogP contribution is -2.26. The molecule has 0 saturated heterocycles. The summed E-state index contributed by atoms with van der Waals surface area (Å²) < 4.78 is 22.0. The molecule has 9 nitrogen and oxygen atoms in total. The van der Waals surface area contributed by atoms with E-state index >= 15 is 0 Å². The second kappa shape index (κ2) is 7.80. The third kappa shape index (κ3) is 4.24. The lowest BCUT2D eigenvalue weighted by molar-refractivity contribution is 0.0578. The molecule has 3 aromatic heterocycles. The summed E-state index contributed by atoms with van der Waals surface area (Å²) in [5.41, 5.74) is 0.891. The van der Waals surface area contributed by atoms with Gasteiger partial charge in [-0.1, -0.05) is 0 Å². The van der Waals surface area contributed by atoms with Crippen LogP contribution in [-0.4, -0.2) is 48.1 Å². The van der Waals surface area contributed by atoms with Crippen molar-refractivity contribution in [1.29, 1.82) is 0 Å². The Morgan fingerprint density at radius 3 is 2.90 bits per heavy atom. The molecule has 0 bridgehead atoms. The van der Waals surface area contributed by atoms with Gasteiger partial charge in [0.05, 0.1) is 31.1 Å². The molecule has 0 aliphatic heterocycles. The number of fused-ring (bicyclic) bond motifs is 1. The first-order chi connectivity index (χ1) is 14.7. The molecule has 0 aliphatic rings.